The SMILES string of the molecule is CCc1ccc(N2C(=O)NC(=O)/C(=C/c3cc(C)n(-c4ccc(Oc5ccc([N+](=O)[O-])cc5[N+](=O)[O-])cc4)c3C)C2=O)cc1. The molecular weight excluding hydrogens is 570 g/mol. The number of aromatic nitrogens is 1. The summed E-state index contributed by atoms with van der Waals surface area (Å²) in [5, 5.41) is 24.7. The number of imide groups is 2. The van der Waals surface area contributed by atoms with Gasteiger partial charge in [0.15, 0.2) is 0 Å². The van der Waals surface area contributed by atoms with E-state index in [1.54, 1.807) is 42.5 Å². The predicted molar refractivity (Wildman–Crippen MR) is 160 cm³/mol. The first-order chi connectivity index (χ1) is 21.0. The summed E-state index contributed by atoms with van der Waals surface area (Å²) in [6.07, 6.45) is 2.24. The molecule has 4 amide bonds. The van der Waals surface area contributed by atoms with Crippen molar-refractivity contribution < 1.29 is 29.0 Å². The second-order valence-corrected chi connectivity index (χ2v) is 9.90. The maximum atomic E-state index is 13.4. The minimum atomic E-state index is -0.826. The zero-order valence-electron chi connectivity index (χ0n) is 23.8. The van der Waals surface area contributed by atoms with Crippen molar-refractivity contribution in [2.24, 2.45) is 0 Å². The number of nitrogens with one attached hydrogen (secondary N) is 1. The van der Waals surface area contributed by atoms with Gasteiger partial charge in [0.05, 0.1) is 21.6 Å². The van der Waals surface area contributed by atoms with E-state index in [2.05, 4.69) is 5.32 Å². The van der Waals surface area contributed by atoms with E-state index < -0.39 is 39.1 Å². The topological polar surface area (TPSA) is 167 Å². The number of rotatable bonds is 8. The van der Waals surface area contributed by atoms with E-state index in [1.165, 1.54) is 12.1 Å². The van der Waals surface area contributed by atoms with Crippen LogP contribution in [0.5, 0.6) is 11.5 Å². The molecule has 222 valence electrons. The summed E-state index contributed by atoms with van der Waals surface area (Å²) >= 11 is 0. The number of hydrogen-bond acceptors (Lipinski definition) is 8. The second-order valence-electron chi connectivity index (χ2n) is 9.90. The molecule has 2 heterocycles. The molecule has 1 saturated heterocycles. The Morgan fingerprint density at radius 1 is 0.864 bits per heavy atom. The normalized spacial score (nSPS) is 14.1. The number of nitrogens with zero attached hydrogens (tertiary/aromatic N) is 4. The molecule has 0 spiro atoms. The largest absolute Gasteiger partial charge is 0.450 e. The summed E-state index contributed by atoms with van der Waals surface area (Å²) in [7, 11) is 0. The molecule has 5 rings (SSSR count). The average molecular weight is 596 g/mol. The van der Waals surface area contributed by atoms with Crippen LogP contribution in [-0.2, 0) is 16.0 Å². The number of benzene rings is 3. The van der Waals surface area contributed by atoms with Crippen molar-refractivity contribution in [3.8, 4) is 17.2 Å². The Bertz CT molecular complexity index is 1870. The van der Waals surface area contributed by atoms with Crippen LogP contribution in [0.3, 0.4) is 0 Å². The van der Waals surface area contributed by atoms with Crippen LogP contribution < -0.4 is 15.0 Å². The molecule has 0 aliphatic carbocycles. The number of ether oxygens (including phenoxy) is 1. The number of carbonyl (C=O) groups excluding carboxylic acids is 3. The van der Waals surface area contributed by atoms with Gasteiger partial charge in [-0.25, -0.2) is 9.69 Å². The van der Waals surface area contributed by atoms with Crippen molar-refractivity contribution in [2.45, 2.75) is 27.2 Å². The first kappa shape index (κ1) is 29.4. The molecule has 0 saturated carbocycles. The number of hydrogen-bond donors (Lipinski definition) is 1. The Morgan fingerprint density at radius 2 is 1.52 bits per heavy atom. The number of aryl methyl sites for hydroxylation is 2. The highest BCUT2D eigenvalue weighted by atomic mass is 16.6. The second kappa shape index (κ2) is 11.6. The van der Waals surface area contributed by atoms with Crippen LogP contribution in [0.4, 0.5) is 21.9 Å². The monoisotopic (exact) mass is 595 g/mol. The molecular formula is C31H25N5O8. The third-order valence-electron chi connectivity index (χ3n) is 7.15. The third kappa shape index (κ3) is 5.53. The Hall–Kier alpha value is -6.11. The molecule has 1 aliphatic rings. The molecule has 1 fully saturated rings. The number of anilines is 1. The first-order valence-corrected chi connectivity index (χ1v) is 13.4. The summed E-state index contributed by atoms with van der Waals surface area (Å²) in [4.78, 5) is 60.6. The van der Waals surface area contributed by atoms with Gasteiger partial charge in [-0.2, -0.15) is 0 Å². The van der Waals surface area contributed by atoms with Crippen LogP contribution in [0.15, 0.2) is 78.4 Å². The van der Waals surface area contributed by atoms with Crippen molar-refractivity contribution in [3.63, 3.8) is 0 Å². The van der Waals surface area contributed by atoms with Gasteiger partial charge < -0.3 is 9.30 Å². The molecule has 1 N–H and O–H groups in total. The summed E-state index contributed by atoms with van der Waals surface area (Å²) in [6.45, 7) is 5.64. The molecule has 13 nitrogen and oxygen atoms in total. The number of carbonyl (C=O) groups is 3. The van der Waals surface area contributed by atoms with E-state index in [1.807, 2.05) is 37.5 Å². The van der Waals surface area contributed by atoms with E-state index in [-0.39, 0.29) is 17.1 Å². The smallest absolute Gasteiger partial charge is 0.335 e. The lowest BCUT2D eigenvalue weighted by molar-refractivity contribution is -0.394. The Labute approximate surface area is 250 Å². The predicted octanol–water partition coefficient (Wildman–Crippen LogP) is 5.93. The third-order valence-corrected chi connectivity index (χ3v) is 7.15. The van der Waals surface area contributed by atoms with Gasteiger partial charge >= 0.3 is 11.7 Å². The van der Waals surface area contributed by atoms with Gasteiger partial charge in [0.2, 0.25) is 5.75 Å². The number of nitro benzene ring substituents is 2. The van der Waals surface area contributed by atoms with E-state index in [0.717, 1.165) is 34.7 Å². The minimum Gasteiger partial charge on any atom is -0.450 e. The van der Waals surface area contributed by atoms with Crippen LogP contribution in [0, 0.1) is 34.1 Å². The van der Waals surface area contributed by atoms with Gasteiger partial charge in [0.1, 0.15) is 11.3 Å². The summed E-state index contributed by atoms with van der Waals surface area (Å²) < 4.78 is 7.53. The molecule has 0 radical (unpaired) electrons. The fourth-order valence-electron chi connectivity index (χ4n) is 4.90. The van der Waals surface area contributed by atoms with Crippen LogP contribution in [0.25, 0.3) is 11.8 Å². The number of barbiturate groups is 1. The molecule has 0 bridgehead atoms. The number of amides is 4. The van der Waals surface area contributed by atoms with Crippen LogP contribution in [0.2, 0.25) is 0 Å². The molecule has 1 aliphatic heterocycles. The average Bonchev–Trinajstić information content (AvgIpc) is 3.27. The number of urea groups is 1. The molecule has 13 heteroatoms. The minimum absolute atomic E-state index is 0.153. The highest BCUT2D eigenvalue weighted by Crippen LogP contribution is 2.35. The van der Waals surface area contributed by atoms with E-state index >= 15 is 0 Å². The first-order valence-electron chi connectivity index (χ1n) is 13.4. The lowest BCUT2D eigenvalue weighted by Crippen LogP contribution is -2.54. The quantitative estimate of drug-likeness (QED) is 0.113. The van der Waals surface area contributed by atoms with E-state index in [4.69, 9.17) is 4.74 Å². The number of nitro groups is 2. The molecule has 4 aromatic rings. The Kier molecular flexibility index (Phi) is 7.77. The zero-order chi connectivity index (χ0) is 31.7. The van der Waals surface area contributed by atoms with Crippen molar-refractivity contribution in [1.82, 2.24) is 9.88 Å². The summed E-state index contributed by atoms with van der Waals surface area (Å²) in [5.41, 5.74) is 2.96. The fraction of sp³-hybridized carbons (Fsp3) is 0.129. The van der Waals surface area contributed by atoms with Gasteiger partial charge in [-0.15, -0.1) is 0 Å². The van der Waals surface area contributed by atoms with Crippen molar-refractivity contribution >= 4 is 41.0 Å². The molecule has 1 aromatic heterocycles. The summed E-state index contributed by atoms with van der Waals surface area (Å²) in [6, 6.07) is 17.6. The molecule has 0 unspecified atom stereocenters. The van der Waals surface area contributed by atoms with Crippen LogP contribution in [0.1, 0.15) is 29.4 Å². The van der Waals surface area contributed by atoms with Crippen molar-refractivity contribution in [1.29, 1.82) is 0 Å². The van der Waals surface area contributed by atoms with Gasteiger partial charge in [-0.3, -0.25) is 35.1 Å². The number of non-ortho nitro benzene ring substituents is 1. The van der Waals surface area contributed by atoms with Gasteiger partial charge in [0, 0.05) is 23.1 Å². The maximum absolute atomic E-state index is 13.4. The Morgan fingerprint density at radius 3 is 2.14 bits per heavy atom. The summed E-state index contributed by atoms with van der Waals surface area (Å²) in [5.74, 6) is -1.43. The van der Waals surface area contributed by atoms with Gasteiger partial charge in [0.25, 0.3) is 17.5 Å². The van der Waals surface area contributed by atoms with Gasteiger partial charge in [-0.05, 0) is 86.0 Å². The molecule has 0 atom stereocenters. The van der Waals surface area contributed by atoms with Crippen molar-refractivity contribution in [3.05, 3.63) is 121 Å². The molecule has 44 heavy (non-hydrogen) atoms. The highest BCUT2D eigenvalue weighted by molar-refractivity contribution is 6.39. The van der Waals surface area contributed by atoms with E-state index in [0.29, 0.717) is 22.6 Å². The lowest BCUT2D eigenvalue weighted by atomic mass is 10.1. The van der Waals surface area contributed by atoms with Gasteiger partial charge in [-0.1, -0.05) is 19.1 Å². The molecule has 3 aromatic carbocycles. The Balaban J connectivity index is 1.42. The maximum Gasteiger partial charge on any atom is 0.335 e. The van der Waals surface area contributed by atoms with E-state index in [9.17, 15) is 34.6 Å². The lowest BCUT2D eigenvalue weighted by Gasteiger charge is -2.26. The standard InChI is InChI=1S/C31H25N5O8/c1-4-20-5-7-23(8-6-20)34-30(38)26(29(37)32-31(34)39)16-21-15-18(2)33(19(21)3)22-9-12-25(13-10-22)44-28-14-11-24(35(40)41)17-27(28)36(42)43/h5-17H,4H2,1-3H3,(H,32,37,39)/b26-16-. The zero-order valence-corrected chi connectivity index (χ0v) is 23.8. The highest BCUT2D eigenvalue weighted by Gasteiger charge is 2.37. The fourth-order valence-corrected chi connectivity index (χ4v) is 4.90. The van der Waals surface area contributed by atoms with Crippen LogP contribution in [-0.4, -0.2) is 32.3 Å². The van der Waals surface area contributed by atoms with Crippen molar-refractivity contribution in [2.75, 3.05) is 4.90 Å². The van der Waals surface area contributed by atoms with Crippen LogP contribution >= 0.6 is 0 Å².